The van der Waals surface area contributed by atoms with Gasteiger partial charge in [-0.15, -0.1) is 0 Å². The van der Waals surface area contributed by atoms with E-state index in [4.69, 9.17) is 11.6 Å². The first-order valence-electron chi connectivity index (χ1n) is 7.12. The zero-order valence-electron chi connectivity index (χ0n) is 12.5. The highest BCUT2D eigenvalue weighted by Crippen LogP contribution is 2.29. The number of aliphatic hydroxyl groups excluding tert-OH is 1. The summed E-state index contributed by atoms with van der Waals surface area (Å²) in [5.74, 6) is -0.339. The molecule has 24 heavy (non-hydrogen) atoms. The summed E-state index contributed by atoms with van der Waals surface area (Å²) in [7, 11) is 0. The first-order chi connectivity index (χ1) is 11.3. The van der Waals surface area contributed by atoms with Gasteiger partial charge in [-0.2, -0.15) is 13.2 Å². The van der Waals surface area contributed by atoms with Crippen molar-refractivity contribution >= 4 is 17.5 Å². The summed E-state index contributed by atoms with van der Waals surface area (Å²) in [6.07, 6.45) is -5.46. The molecule has 2 rings (SSSR count). The van der Waals surface area contributed by atoms with Crippen LogP contribution >= 0.6 is 11.6 Å². The van der Waals surface area contributed by atoms with Gasteiger partial charge in [0.1, 0.15) is 0 Å². The molecule has 0 aliphatic rings. The molecule has 7 heteroatoms. The molecule has 0 aliphatic carbocycles. The molecule has 0 fully saturated rings. The number of carbonyl (C=O) groups is 1. The van der Waals surface area contributed by atoms with Gasteiger partial charge in [0.05, 0.1) is 18.1 Å². The van der Waals surface area contributed by atoms with Gasteiger partial charge in [-0.05, 0) is 29.3 Å². The van der Waals surface area contributed by atoms with Crippen LogP contribution in [0.5, 0.6) is 0 Å². The van der Waals surface area contributed by atoms with Crippen molar-refractivity contribution in [2.45, 2.75) is 18.7 Å². The maximum atomic E-state index is 12.5. The predicted molar refractivity (Wildman–Crippen MR) is 84.6 cm³/mol. The molecule has 0 aliphatic heterocycles. The summed E-state index contributed by atoms with van der Waals surface area (Å²) in [4.78, 5) is 11.9. The lowest BCUT2D eigenvalue weighted by molar-refractivity contribution is -0.137. The van der Waals surface area contributed by atoms with E-state index in [9.17, 15) is 23.1 Å². The van der Waals surface area contributed by atoms with Crippen LogP contribution in [0.2, 0.25) is 5.02 Å². The maximum absolute atomic E-state index is 12.5. The molecule has 0 aromatic heterocycles. The second kappa shape index (κ2) is 7.68. The van der Waals surface area contributed by atoms with Gasteiger partial charge in [-0.25, -0.2) is 0 Å². The minimum Gasteiger partial charge on any atom is -0.387 e. The zero-order valence-corrected chi connectivity index (χ0v) is 13.2. The molecule has 2 N–H and O–H groups in total. The molecular weight excluding hydrogens is 343 g/mol. The Bertz CT molecular complexity index is 702. The van der Waals surface area contributed by atoms with Gasteiger partial charge in [0.15, 0.2) is 0 Å². The Kier molecular flexibility index (Phi) is 5.85. The van der Waals surface area contributed by atoms with Crippen LogP contribution < -0.4 is 5.32 Å². The normalized spacial score (nSPS) is 12.7. The molecule has 2 aromatic rings. The van der Waals surface area contributed by atoms with Gasteiger partial charge < -0.3 is 10.4 Å². The van der Waals surface area contributed by atoms with Crippen LogP contribution in [0, 0.1) is 0 Å². The minimum atomic E-state index is -4.42. The molecule has 0 bridgehead atoms. The monoisotopic (exact) mass is 357 g/mol. The number of hydrogen-bond donors (Lipinski definition) is 2. The average Bonchev–Trinajstić information content (AvgIpc) is 2.54. The minimum absolute atomic E-state index is 0.0550. The Hall–Kier alpha value is -2.05. The molecule has 1 unspecified atom stereocenters. The molecule has 3 nitrogen and oxygen atoms in total. The van der Waals surface area contributed by atoms with Crippen LogP contribution in [0.25, 0.3) is 0 Å². The van der Waals surface area contributed by atoms with Crippen LogP contribution in [0.4, 0.5) is 13.2 Å². The van der Waals surface area contributed by atoms with Crippen molar-refractivity contribution in [3.05, 3.63) is 70.2 Å². The Labute approximate surface area is 142 Å². The van der Waals surface area contributed by atoms with Crippen molar-refractivity contribution in [2.75, 3.05) is 6.54 Å². The van der Waals surface area contributed by atoms with Crippen LogP contribution in [-0.4, -0.2) is 17.6 Å². The lowest BCUT2D eigenvalue weighted by Crippen LogP contribution is -2.29. The van der Waals surface area contributed by atoms with E-state index in [1.807, 2.05) is 0 Å². The number of rotatable bonds is 5. The number of carbonyl (C=O) groups excluding carboxylic acids is 1. The first-order valence-corrected chi connectivity index (χ1v) is 7.50. The molecular formula is C17H15ClF3NO2. The third kappa shape index (κ3) is 4.97. The summed E-state index contributed by atoms with van der Waals surface area (Å²) in [6.45, 7) is -0.103. The average molecular weight is 358 g/mol. The number of benzene rings is 2. The predicted octanol–water partition coefficient (Wildman–Crippen LogP) is 3.75. The Morgan fingerprint density at radius 1 is 1.12 bits per heavy atom. The van der Waals surface area contributed by atoms with Crippen molar-refractivity contribution in [3.8, 4) is 0 Å². The van der Waals surface area contributed by atoms with Crippen molar-refractivity contribution in [3.63, 3.8) is 0 Å². The highest BCUT2D eigenvalue weighted by atomic mass is 35.5. The Morgan fingerprint density at radius 2 is 1.75 bits per heavy atom. The molecule has 0 saturated carbocycles. The summed E-state index contributed by atoms with van der Waals surface area (Å²) in [6, 6.07) is 11.1. The van der Waals surface area contributed by atoms with Gasteiger partial charge >= 0.3 is 6.18 Å². The fourth-order valence-corrected chi connectivity index (χ4v) is 2.30. The molecule has 0 saturated heterocycles. The Morgan fingerprint density at radius 3 is 2.33 bits per heavy atom. The summed E-state index contributed by atoms with van der Waals surface area (Å²) < 4.78 is 37.5. The van der Waals surface area contributed by atoms with E-state index in [-0.39, 0.29) is 18.9 Å². The summed E-state index contributed by atoms with van der Waals surface area (Å²) >= 11 is 5.96. The van der Waals surface area contributed by atoms with E-state index in [1.165, 1.54) is 12.1 Å². The molecule has 0 spiro atoms. The third-order valence-electron chi connectivity index (χ3n) is 3.42. The number of hydrogen-bond acceptors (Lipinski definition) is 2. The number of aliphatic hydroxyl groups is 1. The number of halogens is 4. The van der Waals surface area contributed by atoms with Gasteiger partial charge in [-0.1, -0.05) is 41.9 Å². The second-order valence-electron chi connectivity index (χ2n) is 5.21. The summed E-state index contributed by atoms with van der Waals surface area (Å²) in [5, 5.41) is 13.0. The van der Waals surface area contributed by atoms with E-state index in [0.717, 1.165) is 12.1 Å². The van der Waals surface area contributed by atoms with Crippen LogP contribution in [-0.2, 0) is 17.4 Å². The van der Waals surface area contributed by atoms with E-state index >= 15 is 0 Å². The fourth-order valence-electron chi connectivity index (χ4n) is 2.10. The SMILES string of the molecule is O=C(Cc1ccccc1Cl)NCC(O)c1ccc(C(F)(F)F)cc1. The highest BCUT2D eigenvalue weighted by Gasteiger charge is 2.30. The lowest BCUT2D eigenvalue weighted by Gasteiger charge is -2.14. The zero-order chi connectivity index (χ0) is 17.7. The van der Waals surface area contributed by atoms with Crippen molar-refractivity contribution in [1.82, 2.24) is 5.32 Å². The molecule has 2 aromatic carbocycles. The van der Waals surface area contributed by atoms with E-state index in [0.29, 0.717) is 16.1 Å². The van der Waals surface area contributed by atoms with Gasteiger partial charge in [0.25, 0.3) is 0 Å². The van der Waals surface area contributed by atoms with E-state index in [1.54, 1.807) is 24.3 Å². The Balaban J connectivity index is 1.89. The smallest absolute Gasteiger partial charge is 0.387 e. The topological polar surface area (TPSA) is 49.3 Å². The lowest BCUT2D eigenvalue weighted by atomic mass is 10.1. The van der Waals surface area contributed by atoms with Crippen LogP contribution in [0.3, 0.4) is 0 Å². The molecule has 128 valence electrons. The largest absolute Gasteiger partial charge is 0.416 e. The third-order valence-corrected chi connectivity index (χ3v) is 3.79. The highest BCUT2D eigenvalue weighted by molar-refractivity contribution is 6.31. The van der Waals surface area contributed by atoms with Gasteiger partial charge in [0, 0.05) is 11.6 Å². The van der Waals surface area contributed by atoms with E-state index in [2.05, 4.69) is 5.32 Å². The molecule has 1 atom stereocenters. The summed E-state index contributed by atoms with van der Waals surface area (Å²) in [5.41, 5.74) is 0.155. The van der Waals surface area contributed by atoms with Gasteiger partial charge in [-0.3, -0.25) is 4.79 Å². The molecule has 1 amide bonds. The van der Waals surface area contributed by atoms with Crippen LogP contribution in [0.1, 0.15) is 22.8 Å². The number of alkyl halides is 3. The standard InChI is InChI=1S/C17H15ClF3NO2/c18-14-4-2-1-3-12(14)9-16(24)22-10-15(23)11-5-7-13(8-6-11)17(19,20)21/h1-8,15,23H,9-10H2,(H,22,24). The molecule has 0 heterocycles. The number of amides is 1. The van der Waals surface area contributed by atoms with Crippen molar-refractivity contribution in [2.24, 2.45) is 0 Å². The quantitative estimate of drug-likeness (QED) is 0.856. The van der Waals surface area contributed by atoms with Gasteiger partial charge in [0.2, 0.25) is 5.91 Å². The number of nitrogens with one attached hydrogen (secondary N) is 1. The first kappa shape index (κ1) is 18.3. The van der Waals surface area contributed by atoms with Crippen molar-refractivity contribution < 1.29 is 23.1 Å². The molecule has 0 radical (unpaired) electrons. The van der Waals surface area contributed by atoms with Crippen LogP contribution in [0.15, 0.2) is 48.5 Å². The van der Waals surface area contributed by atoms with E-state index < -0.39 is 17.8 Å². The van der Waals surface area contributed by atoms with Crippen molar-refractivity contribution in [1.29, 1.82) is 0 Å². The maximum Gasteiger partial charge on any atom is 0.416 e. The second-order valence-corrected chi connectivity index (χ2v) is 5.62. The fraction of sp³-hybridized carbons (Fsp3) is 0.235.